The van der Waals surface area contributed by atoms with Crippen LogP contribution in [0.5, 0.6) is 5.75 Å². The number of nitrogens with zero attached hydrogens (tertiary/aromatic N) is 1. The van der Waals surface area contributed by atoms with Crippen LogP contribution in [-0.2, 0) is 21.2 Å². The Kier molecular flexibility index (Phi) is 7.15. The molecule has 0 radical (unpaired) electrons. The third-order valence-electron chi connectivity index (χ3n) is 5.05. The van der Waals surface area contributed by atoms with E-state index in [2.05, 4.69) is 5.32 Å². The maximum atomic E-state index is 13.4. The van der Waals surface area contributed by atoms with Crippen LogP contribution in [0, 0.1) is 12.7 Å². The second kappa shape index (κ2) is 9.82. The van der Waals surface area contributed by atoms with Crippen molar-refractivity contribution in [1.29, 1.82) is 0 Å². The maximum Gasteiger partial charge on any atom is 0.264 e. The first-order valence-corrected chi connectivity index (χ1v) is 11.5. The summed E-state index contributed by atoms with van der Waals surface area (Å²) in [5.41, 5.74) is 2.80. The van der Waals surface area contributed by atoms with E-state index >= 15 is 0 Å². The zero-order valence-corrected chi connectivity index (χ0v) is 18.9. The highest BCUT2D eigenvalue weighted by Crippen LogP contribution is 2.27. The zero-order chi connectivity index (χ0) is 23.3. The molecule has 3 rings (SSSR count). The van der Waals surface area contributed by atoms with Crippen molar-refractivity contribution in [2.75, 3.05) is 23.3 Å². The van der Waals surface area contributed by atoms with Crippen LogP contribution in [0.15, 0.2) is 71.6 Å². The molecule has 0 saturated heterocycles. The maximum absolute atomic E-state index is 13.4. The van der Waals surface area contributed by atoms with Crippen molar-refractivity contribution in [2.24, 2.45) is 0 Å². The number of carbonyl (C=O) groups excluding carboxylic acids is 1. The van der Waals surface area contributed by atoms with E-state index in [-0.39, 0.29) is 10.6 Å². The van der Waals surface area contributed by atoms with Gasteiger partial charge in [0.25, 0.3) is 10.0 Å². The predicted octanol–water partition coefficient (Wildman–Crippen LogP) is 4.54. The van der Waals surface area contributed by atoms with Crippen molar-refractivity contribution in [3.05, 3.63) is 83.7 Å². The van der Waals surface area contributed by atoms with E-state index in [1.807, 2.05) is 32.0 Å². The van der Waals surface area contributed by atoms with E-state index in [1.165, 1.54) is 19.2 Å². The fraction of sp³-hybridized carbons (Fsp3) is 0.208. The number of aryl methyl sites for hydroxylation is 2. The molecular formula is C24H25FN2O4S. The van der Waals surface area contributed by atoms with E-state index in [0.29, 0.717) is 17.9 Å². The lowest BCUT2D eigenvalue weighted by molar-refractivity contribution is -0.114. The fourth-order valence-corrected chi connectivity index (χ4v) is 4.73. The van der Waals surface area contributed by atoms with Gasteiger partial charge in [-0.25, -0.2) is 12.8 Å². The summed E-state index contributed by atoms with van der Waals surface area (Å²) in [6, 6.07) is 16.5. The van der Waals surface area contributed by atoms with Crippen molar-refractivity contribution in [2.45, 2.75) is 25.2 Å². The van der Waals surface area contributed by atoms with Gasteiger partial charge < -0.3 is 10.1 Å². The topological polar surface area (TPSA) is 75.7 Å². The number of hydrogen-bond acceptors (Lipinski definition) is 4. The molecule has 0 saturated carbocycles. The van der Waals surface area contributed by atoms with Crippen LogP contribution in [0.25, 0.3) is 0 Å². The quantitative estimate of drug-likeness (QED) is 0.540. The summed E-state index contributed by atoms with van der Waals surface area (Å²) in [4.78, 5) is 12.9. The van der Waals surface area contributed by atoms with Gasteiger partial charge in [0.05, 0.1) is 17.7 Å². The molecule has 0 unspecified atom stereocenters. The molecule has 0 aliphatic rings. The first kappa shape index (κ1) is 23.3. The number of carbonyl (C=O) groups is 1. The molecule has 6 nitrogen and oxygen atoms in total. The number of sulfonamides is 1. The van der Waals surface area contributed by atoms with Crippen LogP contribution < -0.4 is 14.4 Å². The monoisotopic (exact) mass is 456 g/mol. The molecule has 0 aliphatic carbocycles. The van der Waals surface area contributed by atoms with Crippen molar-refractivity contribution >= 4 is 27.3 Å². The second-order valence-corrected chi connectivity index (χ2v) is 9.04. The molecule has 32 heavy (non-hydrogen) atoms. The number of methoxy groups -OCH3 is 1. The summed E-state index contributed by atoms with van der Waals surface area (Å²) in [5.74, 6) is -0.496. The minimum atomic E-state index is -4.14. The van der Waals surface area contributed by atoms with Gasteiger partial charge >= 0.3 is 0 Å². The number of ether oxygens (including phenoxy) is 1. The highest BCUT2D eigenvalue weighted by molar-refractivity contribution is 7.92. The van der Waals surface area contributed by atoms with Gasteiger partial charge in [-0.1, -0.05) is 25.1 Å². The molecule has 0 heterocycles. The van der Waals surface area contributed by atoms with Crippen LogP contribution in [0.2, 0.25) is 0 Å². The van der Waals surface area contributed by atoms with Crippen molar-refractivity contribution in [3.63, 3.8) is 0 Å². The summed E-state index contributed by atoms with van der Waals surface area (Å²) in [7, 11) is -2.64. The number of halogens is 1. The number of hydrogen-bond donors (Lipinski definition) is 1. The van der Waals surface area contributed by atoms with Crippen LogP contribution in [0.3, 0.4) is 0 Å². The zero-order valence-electron chi connectivity index (χ0n) is 18.1. The van der Waals surface area contributed by atoms with Crippen molar-refractivity contribution in [3.8, 4) is 5.75 Å². The Balaban J connectivity index is 1.97. The Labute approximate surface area is 187 Å². The lowest BCUT2D eigenvalue weighted by atomic mass is 10.1. The second-order valence-electron chi connectivity index (χ2n) is 7.17. The van der Waals surface area contributed by atoms with E-state index in [0.717, 1.165) is 27.6 Å². The Bertz CT molecular complexity index is 1190. The van der Waals surface area contributed by atoms with E-state index < -0.39 is 28.3 Å². The smallest absolute Gasteiger partial charge is 0.264 e. The van der Waals surface area contributed by atoms with Gasteiger partial charge in [-0.2, -0.15) is 0 Å². The van der Waals surface area contributed by atoms with Gasteiger partial charge in [-0.3, -0.25) is 9.10 Å². The van der Waals surface area contributed by atoms with Crippen molar-refractivity contribution in [1.82, 2.24) is 0 Å². The minimum absolute atomic E-state index is 0.118. The molecule has 0 bridgehead atoms. The highest BCUT2D eigenvalue weighted by atomic mass is 32.2. The molecule has 0 atom stereocenters. The van der Waals surface area contributed by atoms with Gasteiger partial charge in [-0.05, 0) is 73.0 Å². The van der Waals surface area contributed by atoms with Crippen LogP contribution in [0.1, 0.15) is 18.1 Å². The van der Waals surface area contributed by atoms with Gasteiger partial charge in [0.1, 0.15) is 18.1 Å². The third-order valence-corrected chi connectivity index (χ3v) is 6.84. The summed E-state index contributed by atoms with van der Waals surface area (Å²) >= 11 is 0. The van der Waals surface area contributed by atoms with Crippen LogP contribution in [0.4, 0.5) is 15.8 Å². The summed E-state index contributed by atoms with van der Waals surface area (Å²) in [5, 5.41) is 2.86. The summed E-state index contributed by atoms with van der Waals surface area (Å²) in [6.45, 7) is 3.40. The van der Waals surface area contributed by atoms with Crippen LogP contribution in [-0.4, -0.2) is 28.0 Å². The molecule has 8 heteroatoms. The first-order valence-electron chi connectivity index (χ1n) is 10.1. The lowest BCUT2D eigenvalue weighted by Crippen LogP contribution is -2.38. The number of benzene rings is 3. The molecule has 0 spiro atoms. The van der Waals surface area contributed by atoms with Crippen LogP contribution >= 0.6 is 0 Å². The molecule has 1 N–H and O–H groups in total. The van der Waals surface area contributed by atoms with E-state index in [1.54, 1.807) is 24.3 Å². The lowest BCUT2D eigenvalue weighted by Gasteiger charge is -2.25. The van der Waals surface area contributed by atoms with E-state index in [9.17, 15) is 17.6 Å². The molecule has 3 aromatic carbocycles. The Morgan fingerprint density at radius 2 is 1.69 bits per heavy atom. The average Bonchev–Trinajstić information content (AvgIpc) is 2.79. The molecule has 3 aromatic rings. The number of nitrogens with one attached hydrogen (secondary N) is 1. The molecule has 168 valence electrons. The Morgan fingerprint density at radius 3 is 2.28 bits per heavy atom. The standard InChI is InChI=1S/C24H25FN2O4S/c1-4-18-7-5-6-17(2)24(18)26-23(28)16-27(20-10-12-21(31-3)13-11-20)32(29,30)22-14-8-19(25)9-15-22/h5-15H,4,16H2,1-3H3,(H,26,28). The number of amides is 1. The van der Waals surface area contributed by atoms with Gasteiger partial charge in [0.2, 0.25) is 5.91 Å². The molecule has 1 amide bonds. The van der Waals surface area contributed by atoms with Gasteiger partial charge in [0, 0.05) is 5.69 Å². The predicted molar refractivity (Wildman–Crippen MR) is 123 cm³/mol. The molecule has 0 aromatic heterocycles. The Hall–Kier alpha value is -3.39. The number of anilines is 2. The van der Waals surface area contributed by atoms with Crippen molar-refractivity contribution < 1.29 is 22.3 Å². The largest absolute Gasteiger partial charge is 0.497 e. The van der Waals surface area contributed by atoms with Gasteiger partial charge in [-0.15, -0.1) is 0 Å². The molecular weight excluding hydrogens is 431 g/mol. The van der Waals surface area contributed by atoms with Gasteiger partial charge in [0.15, 0.2) is 0 Å². The number of rotatable bonds is 8. The van der Waals surface area contributed by atoms with E-state index in [4.69, 9.17) is 4.74 Å². The highest BCUT2D eigenvalue weighted by Gasteiger charge is 2.27. The SMILES string of the molecule is CCc1cccc(C)c1NC(=O)CN(c1ccc(OC)cc1)S(=O)(=O)c1ccc(F)cc1. The minimum Gasteiger partial charge on any atom is -0.497 e. The fourth-order valence-electron chi connectivity index (χ4n) is 3.31. The average molecular weight is 457 g/mol. The summed E-state index contributed by atoms with van der Waals surface area (Å²) in [6.07, 6.45) is 0.716. The summed E-state index contributed by atoms with van der Waals surface area (Å²) < 4.78 is 46.2. The normalized spacial score (nSPS) is 11.1. The first-order chi connectivity index (χ1) is 15.3. The Morgan fingerprint density at radius 1 is 1.03 bits per heavy atom. The number of para-hydroxylation sites is 1. The third kappa shape index (κ3) is 5.08. The molecule has 0 fully saturated rings. The molecule has 0 aliphatic heterocycles.